The zero-order chi connectivity index (χ0) is 22.0. The number of carbonyl (C=O) groups is 1. The molecular formula is C21H20Cl2N4O2S2. The summed E-state index contributed by atoms with van der Waals surface area (Å²) < 4.78 is 1.60. The number of nitrogens with one attached hydrogen (secondary N) is 1. The number of aromatic nitrogens is 3. The van der Waals surface area contributed by atoms with Gasteiger partial charge < -0.3 is 5.32 Å². The molecule has 0 saturated carbocycles. The van der Waals surface area contributed by atoms with Gasteiger partial charge in [-0.25, -0.2) is 9.97 Å². The van der Waals surface area contributed by atoms with Crippen LogP contribution in [0.1, 0.15) is 29.7 Å². The topological polar surface area (TPSA) is 76.9 Å². The van der Waals surface area contributed by atoms with E-state index in [0.717, 1.165) is 41.5 Å². The van der Waals surface area contributed by atoms with Crippen LogP contribution in [0, 0.1) is 0 Å². The zero-order valence-electron chi connectivity index (χ0n) is 16.6. The average molecular weight is 495 g/mol. The monoisotopic (exact) mass is 494 g/mol. The van der Waals surface area contributed by atoms with E-state index >= 15 is 0 Å². The number of halogens is 2. The Hall–Kier alpha value is -1.87. The third-order valence-electron chi connectivity index (χ3n) is 5.00. The molecule has 1 N–H and O–H groups in total. The maximum Gasteiger partial charge on any atom is 0.263 e. The van der Waals surface area contributed by atoms with Crippen molar-refractivity contribution in [1.29, 1.82) is 0 Å². The first-order valence-electron chi connectivity index (χ1n) is 9.87. The first kappa shape index (κ1) is 22.3. The molecule has 162 valence electrons. The van der Waals surface area contributed by atoms with Gasteiger partial charge in [-0.15, -0.1) is 17.9 Å². The van der Waals surface area contributed by atoms with Crippen LogP contribution in [0.5, 0.6) is 0 Å². The molecule has 0 spiro atoms. The number of anilines is 1. The molecule has 0 radical (unpaired) electrons. The summed E-state index contributed by atoms with van der Waals surface area (Å²) in [4.78, 5) is 36.6. The molecule has 1 aliphatic carbocycles. The molecule has 0 bridgehead atoms. The summed E-state index contributed by atoms with van der Waals surface area (Å²) >= 11 is 14.7. The quantitative estimate of drug-likeness (QED) is 0.216. The molecule has 0 atom stereocenters. The fourth-order valence-electron chi connectivity index (χ4n) is 3.60. The van der Waals surface area contributed by atoms with E-state index in [1.165, 1.54) is 35.3 Å². The predicted octanol–water partition coefficient (Wildman–Crippen LogP) is 5.35. The van der Waals surface area contributed by atoms with Crippen molar-refractivity contribution >= 4 is 68.2 Å². The van der Waals surface area contributed by atoms with Crippen LogP contribution in [-0.4, -0.2) is 26.2 Å². The Balaban J connectivity index is 1.60. The van der Waals surface area contributed by atoms with Gasteiger partial charge in [0.25, 0.3) is 5.56 Å². The minimum atomic E-state index is -0.303. The van der Waals surface area contributed by atoms with Crippen molar-refractivity contribution in [3.63, 3.8) is 0 Å². The van der Waals surface area contributed by atoms with Gasteiger partial charge in [-0.3, -0.25) is 14.2 Å². The van der Waals surface area contributed by atoms with Crippen molar-refractivity contribution in [3.8, 4) is 0 Å². The first-order valence-corrected chi connectivity index (χ1v) is 12.4. The summed E-state index contributed by atoms with van der Waals surface area (Å²) in [5.41, 5.74) is 1.10. The highest BCUT2D eigenvalue weighted by Gasteiger charge is 2.21. The van der Waals surface area contributed by atoms with Crippen LogP contribution in [0.25, 0.3) is 10.2 Å². The fraction of sp³-hybridized carbons (Fsp3) is 0.333. The summed E-state index contributed by atoms with van der Waals surface area (Å²) in [6, 6.07) is 1.51. The smallest absolute Gasteiger partial charge is 0.263 e. The lowest BCUT2D eigenvalue weighted by molar-refractivity contribution is -0.113. The Bertz CT molecular complexity index is 1220. The Morgan fingerprint density at radius 1 is 1.32 bits per heavy atom. The molecule has 6 nitrogen and oxygen atoms in total. The lowest BCUT2D eigenvalue weighted by atomic mass is 10.1. The number of thioether (sulfide) groups is 1. The van der Waals surface area contributed by atoms with Crippen molar-refractivity contribution < 1.29 is 4.79 Å². The van der Waals surface area contributed by atoms with Crippen molar-refractivity contribution in [2.45, 2.75) is 43.8 Å². The van der Waals surface area contributed by atoms with E-state index in [1.54, 1.807) is 22.0 Å². The van der Waals surface area contributed by atoms with Gasteiger partial charge in [0.1, 0.15) is 4.83 Å². The molecule has 31 heavy (non-hydrogen) atoms. The highest BCUT2D eigenvalue weighted by Crippen LogP contribution is 2.34. The van der Waals surface area contributed by atoms with E-state index in [1.807, 2.05) is 0 Å². The van der Waals surface area contributed by atoms with Gasteiger partial charge >= 0.3 is 0 Å². The highest BCUT2D eigenvalue weighted by molar-refractivity contribution is 7.99. The number of thiophene rings is 1. The number of carbonyl (C=O) groups excluding carboxylic acids is 1. The molecule has 10 heteroatoms. The fourth-order valence-corrected chi connectivity index (χ4v) is 6.14. The minimum absolute atomic E-state index is 0.0564. The predicted molar refractivity (Wildman–Crippen MR) is 129 cm³/mol. The summed E-state index contributed by atoms with van der Waals surface area (Å²) in [6.45, 7) is 4.10. The standard InChI is InChI=1S/C21H20Cl2N4O2S2/c1-2-8-27-20(29)17-13-6-4-3-5-7-15(13)31-19(17)26-21(27)30-11-16(28)25-18-14(23)9-12(22)10-24-18/h2,9-10H,1,3-8,11H2,(H,24,25,28). The van der Waals surface area contributed by atoms with Gasteiger partial charge in [-0.2, -0.15) is 0 Å². The molecule has 0 aromatic carbocycles. The van der Waals surface area contributed by atoms with Gasteiger partial charge in [0.05, 0.1) is 21.2 Å². The van der Waals surface area contributed by atoms with E-state index in [0.29, 0.717) is 16.7 Å². The van der Waals surface area contributed by atoms with Gasteiger partial charge in [0, 0.05) is 17.6 Å². The summed E-state index contributed by atoms with van der Waals surface area (Å²) in [6.07, 6.45) is 8.42. The van der Waals surface area contributed by atoms with E-state index in [2.05, 4.69) is 16.9 Å². The first-order chi connectivity index (χ1) is 15.0. The lowest BCUT2D eigenvalue weighted by Gasteiger charge is -2.11. The SMILES string of the molecule is C=CCn1c(SCC(=O)Nc2ncc(Cl)cc2Cl)nc2sc3c(c2c1=O)CCCCC3. The minimum Gasteiger partial charge on any atom is -0.309 e. The Labute approximate surface area is 197 Å². The van der Waals surface area contributed by atoms with E-state index in [9.17, 15) is 9.59 Å². The number of nitrogens with zero attached hydrogens (tertiary/aromatic N) is 3. The molecule has 3 aromatic heterocycles. The zero-order valence-corrected chi connectivity index (χ0v) is 19.8. The lowest BCUT2D eigenvalue weighted by Crippen LogP contribution is -2.24. The molecule has 0 unspecified atom stereocenters. The number of allylic oxidation sites excluding steroid dienone is 1. The number of aryl methyl sites for hydroxylation is 2. The van der Waals surface area contributed by atoms with Gasteiger partial charge in [0.15, 0.2) is 11.0 Å². The number of amides is 1. The maximum atomic E-state index is 13.3. The third-order valence-corrected chi connectivity index (χ3v) is 7.66. The van der Waals surface area contributed by atoms with Crippen molar-refractivity contribution in [2.75, 3.05) is 11.1 Å². The summed E-state index contributed by atoms with van der Waals surface area (Å²) in [7, 11) is 0. The van der Waals surface area contributed by atoms with Crippen LogP contribution < -0.4 is 10.9 Å². The van der Waals surface area contributed by atoms with Crippen LogP contribution in [-0.2, 0) is 24.2 Å². The highest BCUT2D eigenvalue weighted by atomic mass is 35.5. The van der Waals surface area contributed by atoms with E-state index in [4.69, 9.17) is 28.2 Å². The van der Waals surface area contributed by atoms with E-state index in [-0.39, 0.29) is 28.1 Å². The molecule has 4 rings (SSSR count). The summed E-state index contributed by atoms with van der Waals surface area (Å²) in [5.74, 6) is -0.00499. The molecule has 0 aliphatic heterocycles. The normalized spacial score (nSPS) is 13.6. The number of hydrogen-bond acceptors (Lipinski definition) is 6. The number of hydrogen-bond donors (Lipinski definition) is 1. The second-order valence-corrected chi connectivity index (χ2v) is 10.0. The Morgan fingerprint density at radius 3 is 2.90 bits per heavy atom. The molecule has 1 aliphatic rings. The number of fused-ring (bicyclic) bond motifs is 3. The third kappa shape index (κ3) is 4.82. The van der Waals surface area contributed by atoms with Crippen molar-refractivity contribution in [1.82, 2.24) is 14.5 Å². The molecule has 3 aromatic rings. The molecule has 0 fully saturated rings. The molecule has 3 heterocycles. The van der Waals surface area contributed by atoms with Crippen LogP contribution >= 0.6 is 46.3 Å². The average Bonchev–Trinajstić information content (AvgIpc) is 2.92. The summed E-state index contributed by atoms with van der Waals surface area (Å²) in [5, 5.41) is 4.54. The molecule has 0 saturated heterocycles. The Kier molecular flexibility index (Phi) is 7.01. The Morgan fingerprint density at radius 2 is 2.13 bits per heavy atom. The van der Waals surface area contributed by atoms with Crippen LogP contribution in [0.2, 0.25) is 10.0 Å². The van der Waals surface area contributed by atoms with Gasteiger partial charge in [-0.1, -0.05) is 47.5 Å². The van der Waals surface area contributed by atoms with Crippen LogP contribution in [0.3, 0.4) is 0 Å². The van der Waals surface area contributed by atoms with Gasteiger partial charge in [0.2, 0.25) is 5.91 Å². The largest absolute Gasteiger partial charge is 0.309 e. The van der Waals surface area contributed by atoms with Crippen molar-refractivity contribution in [2.24, 2.45) is 0 Å². The van der Waals surface area contributed by atoms with E-state index < -0.39 is 0 Å². The number of pyridine rings is 1. The van der Waals surface area contributed by atoms with Crippen LogP contribution in [0.4, 0.5) is 5.82 Å². The molecule has 1 amide bonds. The number of rotatable bonds is 6. The maximum absolute atomic E-state index is 13.3. The second-order valence-electron chi connectivity index (χ2n) is 7.16. The van der Waals surface area contributed by atoms with Crippen molar-refractivity contribution in [3.05, 3.63) is 55.8 Å². The second kappa shape index (κ2) is 9.73. The van der Waals surface area contributed by atoms with Gasteiger partial charge in [-0.05, 0) is 37.3 Å². The van der Waals surface area contributed by atoms with Crippen LogP contribution in [0.15, 0.2) is 34.9 Å². The molecular weight excluding hydrogens is 475 g/mol.